The zero-order chi connectivity index (χ0) is 17.4. The summed E-state index contributed by atoms with van der Waals surface area (Å²) in [6.07, 6.45) is 5.02. The maximum Gasteiger partial charge on any atom is 0.325 e. The van der Waals surface area contributed by atoms with E-state index < -0.39 is 11.9 Å². The van der Waals surface area contributed by atoms with Crippen molar-refractivity contribution in [2.24, 2.45) is 5.92 Å². The second kappa shape index (κ2) is 9.42. The maximum atomic E-state index is 11.9. The molecule has 1 aliphatic carbocycles. The summed E-state index contributed by atoms with van der Waals surface area (Å²) in [5, 5.41) is 5.20. The molecule has 1 saturated carbocycles. The molecule has 6 nitrogen and oxygen atoms in total. The molecule has 1 aromatic carbocycles. The van der Waals surface area contributed by atoms with Crippen LogP contribution in [0.15, 0.2) is 28.7 Å². The molecule has 2 amide bonds. The van der Waals surface area contributed by atoms with Crippen LogP contribution in [0.5, 0.6) is 0 Å². The van der Waals surface area contributed by atoms with Gasteiger partial charge in [0.25, 0.3) is 5.91 Å². The summed E-state index contributed by atoms with van der Waals surface area (Å²) in [7, 11) is 0. The van der Waals surface area contributed by atoms with Crippen molar-refractivity contribution in [3.05, 3.63) is 28.7 Å². The molecule has 2 rings (SSSR count). The highest BCUT2D eigenvalue weighted by atomic mass is 79.9. The fourth-order valence-corrected chi connectivity index (χ4v) is 3.03. The number of carbonyl (C=O) groups excluding carboxylic acids is 3. The molecular weight excluding hydrogens is 376 g/mol. The topological polar surface area (TPSA) is 84.5 Å². The van der Waals surface area contributed by atoms with Crippen LogP contribution in [0.25, 0.3) is 0 Å². The van der Waals surface area contributed by atoms with Gasteiger partial charge in [0.2, 0.25) is 5.91 Å². The normalized spacial score (nSPS) is 14.7. The monoisotopic (exact) mass is 396 g/mol. The molecule has 1 aliphatic rings. The van der Waals surface area contributed by atoms with E-state index >= 15 is 0 Å². The minimum atomic E-state index is -0.622. The number of ether oxygens (including phenoxy) is 1. The molecule has 0 spiro atoms. The highest BCUT2D eigenvalue weighted by Crippen LogP contribution is 2.23. The van der Waals surface area contributed by atoms with Crippen LogP contribution in [0.3, 0.4) is 0 Å². The molecule has 2 N–H and O–H groups in total. The average molecular weight is 397 g/mol. The van der Waals surface area contributed by atoms with Crippen LogP contribution in [0.1, 0.15) is 32.1 Å². The number of halogens is 1. The largest absolute Gasteiger partial charge is 0.454 e. The molecule has 0 heterocycles. The van der Waals surface area contributed by atoms with Crippen molar-refractivity contribution in [1.82, 2.24) is 5.32 Å². The summed E-state index contributed by atoms with van der Waals surface area (Å²) < 4.78 is 5.70. The summed E-state index contributed by atoms with van der Waals surface area (Å²) in [5.74, 6) is -1.17. The predicted octanol–water partition coefficient (Wildman–Crippen LogP) is 2.63. The number of esters is 1. The van der Waals surface area contributed by atoms with E-state index in [1.54, 1.807) is 18.2 Å². The number of benzene rings is 1. The maximum absolute atomic E-state index is 11.9. The Morgan fingerprint density at radius 1 is 1.17 bits per heavy atom. The Bertz CT molecular complexity index is 600. The van der Waals surface area contributed by atoms with Crippen LogP contribution >= 0.6 is 15.9 Å². The minimum Gasteiger partial charge on any atom is -0.454 e. The number of nitrogens with one attached hydrogen (secondary N) is 2. The Morgan fingerprint density at radius 3 is 2.62 bits per heavy atom. The third-order valence-corrected chi connectivity index (χ3v) is 4.35. The average Bonchev–Trinajstić information content (AvgIpc) is 2.58. The smallest absolute Gasteiger partial charge is 0.325 e. The molecule has 0 bridgehead atoms. The highest BCUT2D eigenvalue weighted by Gasteiger charge is 2.21. The number of amides is 2. The van der Waals surface area contributed by atoms with Crippen molar-refractivity contribution in [3.63, 3.8) is 0 Å². The lowest BCUT2D eigenvalue weighted by atomic mass is 9.89. The zero-order valence-corrected chi connectivity index (χ0v) is 14.9. The molecule has 7 heteroatoms. The van der Waals surface area contributed by atoms with Gasteiger partial charge in [0.05, 0.1) is 0 Å². The first-order valence-corrected chi connectivity index (χ1v) is 8.82. The van der Waals surface area contributed by atoms with Crippen molar-refractivity contribution < 1.29 is 19.1 Å². The molecule has 0 aromatic heterocycles. The van der Waals surface area contributed by atoms with Crippen molar-refractivity contribution >= 4 is 39.4 Å². The van der Waals surface area contributed by atoms with Crippen molar-refractivity contribution in [2.75, 3.05) is 18.5 Å². The number of hydrogen-bond donors (Lipinski definition) is 2. The number of rotatable bonds is 6. The Labute approximate surface area is 149 Å². The first-order chi connectivity index (χ1) is 11.5. The summed E-state index contributed by atoms with van der Waals surface area (Å²) in [4.78, 5) is 35.3. The van der Waals surface area contributed by atoms with Gasteiger partial charge in [0, 0.05) is 16.1 Å². The number of hydrogen-bond acceptors (Lipinski definition) is 4. The van der Waals surface area contributed by atoms with Gasteiger partial charge in [-0.15, -0.1) is 0 Å². The van der Waals surface area contributed by atoms with Crippen molar-refractivity contribution in [3.8, 4) is 0 Å². The third kappa shape index (κ3) is 6.31. The van der Waals surface area contributed by atoms with Gasteiger partial charge >= 0.3 is 5.97 Å². The second-order valence-corrected chi connectivity index (χ2v) is 6.69. The Hall–Kier alpha value is -1.89. The van der Waals surface area contributed by atoms with Gasteiger partial charge in [0.15, 0.2) is 6.61 Å². The Morgan fingerprint density at radius 2 is 1.92 bits per heavy atom. The van der Waals surface area contributed by atoms with Crippen LogP contribution in [0.2, 0.25) is 0 Å². The lowest BCUT2D eigenvalue weighted by Crippen LogP contribution is -2.36. The highest BCUT2D eigenvalue weighted by molar-refractivity contribution is 9.10. The molecule has 1 aromatic rings. The van der Waals surface area contributed by atoms with Gasteiger partial charge in [-0.25, -0.2) is 0 Å². The van der Waals surface area contributed by atoms with Gasteiger partial charge in [-0.2, -0.15) is 0 Å². The van der Waals surface area contributed by atoms with Crippen LogP contribution in [-0.2, 0) is 19.1 Å². The second-order valence-electron chi connectivity index (χ2n) is 5.77. The summed E-state index contributed by atoms with van der Waals surface area (Å²) in [6.45, 7) is -0.593. The molecule has 24 heavy (non-hydrogen) atoms. The molecule has 130 valence electrons. The van der Waals surface area contributed by atoms with Crippen LogP contribution < -0.4 is 10.6 Å². The van der Waals surface area contributed by atoms with E-state index in [0.29, 0.717) is 5.69 Å². The first kappa shape index (κ1) is 18.4. The van der Waals surface area contributed by atoms with Crippen LogP contribution in [0, 0.1) is 5.92 Å². The van der Waals surface area contributed by atoms with E-state index in [9.17, 15) is 14.4 Å². The first-order valence-electron chi connectivity index (χ1n) is 8.03. The SMILES string of the molecule is O=C(COC(=O)CNC(=O)C1CCCCC1)Nc1cccc(Br)c1. The summed E-state index contributed by atoms with van der Waals surface area (Å²) in [5.41, 5.74) is 0.607. The molecule has 0 unspecified atom stereocenters. The molecule has 0 radical (unpaired) electrons. The van der Waals surface area contributed by atoms with E-state index in [1.165, 1.54) is 6.42 Å². The van der Waals surface area contributed by atoms with Crippen molar-refractivity contribution in [2.45, 2.75) is 32.1 Å². The molecule has 0 saturated heterocycles. The van der Waals surface area contributed by atoms with E-state index in [4.69, 9.17) is 4.74 Å². The predicted molar refractivity (Wildman–Crippen MR) is 93.3 cm³/mol. The molecule has 0 atom stereocenters. The van der Waals surface area contributed by atoms with E-state index in [1.807, 2.05) is 6.07 Å². The Balaban J connectivity index is 1.65. The molecule has 0 aliphatic heterocycles. The van der Waals surface area contributed by atoms with E-state index in [-0.39, 0.29) is 25.0 Å². The van der Waals surface area contributed by atoms with Gasteiger partial charge in [-0.05, 0) is 31.0 Å². The van der Waals surface area contributed by atoms with Crippen molar-refractivity contribution in [1.29, 1.82) is 0 Å². The van der Waals surface area contributed by atoms with Gasteiger partial charge < -0.3 is 15.4 Å². The lowest BCUT2D eigenvalue weighted by Gasteiger charge is -2.20. The molecule has 1 fully saturated rings. The Kier molecular flexibility index (Phi) is 7.24. The minimum absolute atomic E-state index is 0.00799. The zero-order valence-electron chi connectivity index (χ0n) is 13.3. The molecular formula is C17H21BrN2O4. The van der Waals surface area contributed by atoms with E-state index in [2.05, 4.69) is 26.6 Å². The van der Waals surface area contributed by atoms with Gasteiger partial charge in [-0.1, -0.05) is 41.3 Å². The van der Waals surface area contributed by atoms with Gasteiger partial charge in [-0.3, -0.25) is 14.4 Å². The summed E-state index contributed by atoms with van der Waals surface area (Å²) in [6, 6.07) is 7.09. The fraction of sp³-hybridized carbons (Fsp3) is 0.471. The van der Waals surface area contributed by atoms with Crippen LogP contribution in [-0.4, -0.2) is 30.9 Å². The van der Waals surface area contributed by atoms with Crippen LogP contribution in [0.4, 0.5) is 5.69 Å². The summed E-state index contributed by atoms with van der Waals surface area (Å²) >= 11 is 3.30. The number of anilines is 1. The number of carbonyl (C=O) groups is 3. The quantitative estimate of drug-likeness (QED) is 0.723. The lowest BCUT2D eigenvalue weighted by molar-refractivity contribution is -0.147. The standard InChI is InChI=1S/C17H21BrN2O4/c18-13-7-4-8-14(9-13)20-15(21)11-24-16(22)10-19-17(23)12-5-2-1-3-6-12/h4,7-9,12H,1-3,5-6,10-11H2,(H,19,23)(H,20,21). The van der Waals surface area contributed by atoms with Gasteiger partial charge in [0.1, 0.15) is 6.54 Å². The third-order valence-electron chi connectivity index (χ3n) is 3.86. The van der Waals surface area contributed by atoms with E-state index in [0.717, 1.165) is 30.2 Å². The fourth-order valence-electron chi connectivity index (χ4n) is 2.63.